The molecule has 0 aliphatic rings. The summed E-state index contributed by atoms with van der Waals surface area (Å²) in [6.07, 6.45) is 3.77. The first kappa shape index (κ1) is 19.1. The van der Waals surface area contributed by atoms with E-state index in [4.69, 9.17) is 9.51 Å². The van der Waals surface area contributed by atoms with Crippen molar-refractivity contribution >= 4 is 0 Å². The van der Waals surface area contributed by atoms with E-state index >= 15 is 0 Å². The molecular formula is C23H25N5O. The predicted molar refractivity (Wildman–Crippen MR) is 111 cm³/mol. The molecule has 0 radical (unpaired) electrons. The van der Waals surface area contributed by atoms with Crippen LogP contribution in [0.1, 0.15) is 35.7 Å². The number of hydrogen-bond acceptors (Lipinski definition) is 5. The highest BCUT2D eigenvalue weighted by Gasteiger charge is 2.22. The minimum atomic E-state index is -0.0472. The van der Waals surface area contributed by atoms with Crippen molar-refractivity contribution in [2.45, 2.75) is 25.9 Å². The third-order valence-electron chi connectivity index (χ3n) is 5.02. The highest BCUT2D eigenvalue weighted by Crippen LogP contribution is 2.29. The Morgan fingerprint density at radius 2 is 1.66 bits per heavy atom. The molecule has 0 spiro atoms. The molecule has 0 saturated carbocycles. The second-order valence-corrected chi connectivity index (χ2v) is 6.94. The fourth-order valence-electron chi connectivity index (χ4n) is 3.45. The van der Waals surface area contributed by atoms with Crippen LogP contribution in [0, 0.1) is 0 Å². The summed E-state index contributed by atoms with van der Waals surface area (Å²) in [5, 5.41) is 8.60. The lowest BCUT2D eigenvalue weighted by Crippen LogP contribution is -2.27. The number of likely N-dealkylation sites (N-methyl/N-ethyl adjacent to an activating group) is 1. The highest BCUT2D eigenvalue weighted by molar-refractivity contribution is 5.37. The lowest BCUT2D eigenvalue weighted by atomic mass is 9.91. The summed E-state index contributed by atoms with van der Waals surface area (Å²) in [6.45, 7) is 5.37. The van der Waals surface area contributed by atoms with Gasteiger partial charge in [-0.1, -0.05) is 72.7 Å². The van der Waals surface area contributed by atoms with Crippen molar-refractivity contribution in [1.29, 1.82) is 0 Å². The van der Waals surface area contributed by atoms with E-state index in [0.29, 0.717) is 18.3 Å². The van der Waals surface area contributed by atoms with Gasteiger partial charge in [0.2, 0.25) is 5.89 Å². The van der Waals surface area contributed by atoms with E-state index in [1.807, 2.05) is 53.3 Å². The standard InChI is InChI=1S/C23H25N5O/c1-2-27(16-17-28-15-9-14-24-28)18-21-25-23(26-29-21)22(19-10-5-3-6-11-19)20-12-7-4-8-13-20/h3-15,22H,2,16-18H2,1H3. The van der Waals surface area contributed by atoms with Crippen LogP contribution in [-0.2, 0) is 13.1 Å². The van der Waals surface area contributed by atoms with Crippen molar-refractivity contribution in [2.24, 2.45) is 0 Å². The Morgan fingerprint density at radius 1 is 0.966 bits per heavy atom. The second kappa shape index (κ2) is 9.30. The highest BCUT2D eigenvalue weighted by atomic mass is 16.5. The molecule has 4 aromatic rings. The van der Waals surface area contributed by atoms with Crippen LogP contribution in [0.5, 0.6) is 0 Å². The van der Waals surface area contributed by atoms with Crippen LogP contribution < -0.4 is 0 Å². The Labute approximate surface area is 170 Å². The minimum Gasteiger partial charge on any atom is -0.338 e. The number of rotatable bonds is 9. The number of nitrogens with zero attached hydrogens (tertiary/aromatic N) is 5. The number of benzene rings is 2. The maximum absolute atomic E-state index is 5.63. The Kier molecular flexibility index (Phi) is 6.12. The van der Waals surface area contributed by atoms with Crippen LogP contribution in [-0.4, -0.2) is 37.9 Å². The summed E-state index contributed by atoms with van der Waals surface area (Å²) in [7, 11) is 0. The summed E-state index contributed by atoms with van der Waals surface area (Å²) < 4.78 is 7.57. The van der Waals surface area contributed by atoms with Crippen LogP contribution in [0.25, 0.3) is 0 Å². The van der Waals surface area contributed by atoms with Crippen molar-refractivity contribution in [3.8, 4) is 0 Å². The summed E-state index contributed by atoms with van der Waals surface area (Å²) in [5.41, 5.74) is 2.30. The molecular weight excluding hydrogens is 362 g/mol. The van der Waals surface area contributed by atoms with E-state index < -0.39 is 0 Å². The van der Waals surface area contributed by atoms with Crippen molar-refractivity contribution in [1.82, 2.24) is 24.8 Å². The van der Waals surface area contributed by atoms with Crippen molar-refractivity contribution < 1.29 is 4.52 Å². The average Bonchev–Trinajstić information content (AvgIpc) is 3.45. The predicted octanol–water partition coefficient (Wildman–Crippen LogP) is 3.97. The Bertz CT molecular complexity index is 943. The first-order valence-electron chi connectivity index (χ1n) is 9.95. The summed E-state index contributed by atoms with van der Waals surface area (Å²) in [6, 6.07) is 22.6. The van der Waals surface area contributed by atoms with Gasteiger partial charge >= 0.3 is 0 Å². The van der Waals surface area contributed by atoms with Gasteiger partial charge in [0.25, 0.3) is 0 Å². The molecule has 0 saturated heterocycles. The smallest absolute Gasteiger partial charge is 0.240 e. The van der Waals surface area contributed by atoms with E-state index in [0.717, 1.165) is 30.8 Å². The summed E-state index contributed by atoms with van der Waals surface area (Å²) in [5.74, 6) is 1.29. The van der Waals surface area contributed by atoms with Crippen LogP contribution in [0.4, 0.5) is 0 Å². The molecule has 0 aliphatic carbocycles. The molecule has 2 heterocycles. The summed E-state index contributed by atoms with van der Waals surface area (Å²) in [4.78, 5) is 7.03. The lowest BCUT2D eigenvalue weighted by molar-refractivity contribution is 0.225. The first-order valence-corrected chi connectivity index (χ1v) is 9.95. The lowest BCUT2D eigenvalue weighted by Gasteiger charge is -2.18. The maximum atomic E-state index is 5.63. The molecule has 0 N–H and O–H groups in total. The van der Waals surface area contributed by atoms with Crippen LogP contribution in [0.3, 0.4) is 0 Å². The topological polar surface area (TPSA) is 60.0 Å². The molecule has 4 rings (SSSR count). The van der Waals surface area contributed by atoms with Crippen LogP contribution in [0.15, 0.2) is 83.6 Å². The molecule has 0 fully saturated rings. The molecule has 2 aromatic heterocycles. The van der Waals surface area contributed by atoms with E-state index in [1.54, 1.807) is 6.20 Å². The normalized spacial score (nSPS) is 11.4. The van der Waals surface area contributed by atoms with E-state index in [-0.39, 0.29) is 5.92 Å². The number of aromatic nitrogens is 4. The molecule has 0 bridgehead atoms. The monoisotopic (exact) mass is 387 g/mol. The van der Waals surface area contributed by atoms with E-state index in [9.17, 15) is 0 Å². The SMILES string of the molecule is CCN(CCn1cccn1)Cc1nc(C(c2ccccc2)c2ccccc2)no1. The molecule has 29 heavy (non-hydrogen) atoms. The van der Waals surface area contributed by atoms with Crippen LogP contribution >= 0.6 is 0 Å². The van der Waals surface area contributed by atoms with E-state index in [1.165, 1.54) is 0 Å². The molecule has 6 nitrogen and oxygen atoms in total. The van der Waals surface area contributed by atoms with Crippen LogP contribution in [0.2, 0.25) is 0 Å². The van der Waals surface area contributed by atoms with Crippen molar-refractivity contribution in [2.75, 3.05) is 13.1 Å². The van der Waals surface area contributed by atoms with Gasteiger partial charge in [0, 0.05) is 18.9 Å². The minimum absolute atomic E-state index is 0.0472. The van der Waals surface area contributed by atoms with Crippen molar-refractivity contribution in [3.63, 3.8) is 0 Å². The van der Waals surface area contributed by atoms with Gasteiger partial charge < -0.3 is 4.52 Å². The zero-order valence-corrected chi connectivity index (χ0v) is 16.6. The van der Waals surface area contributed by atoms with Gasteiger partial charge in [-0.05, 0) is 23.7 Å². The number of hydrogen-bond donors (Lipinski definition) is 0. The second-order valence-electron chi connectivity index (χ2n) is 6.94. The zero-order chi connectivity index (χ0) is 19.9. The molecule has 2 aromatic carbocycles. The van der Waals surface area contributed by atoms with Gasteiger partial charge in [-0.25, -0.2) is 0 Å². The third kappa shape index (κ3) is 4.78. The first-order chi connectivity index (χ1) is 14.3. The van der Waals surface area contributed by atoms with Gasteiger partial charge in [0.15, 0.2) is 5.82 Å². The van der Waals surface area contributed by atoms with E-state index in [2.05, 4.69) is 46.3 Å². The van der Waals surface area contributed by atoms with Gasteiger partial charge in [-0.3, -0.25) is 9.58 Å². The average molecular weight is 387 g/mol. The Morgan fingerprint density at radius 3 is 2.24 bits per heavy atom. The largest absolute Gasteiger partial charge is 0.338 e. The van der Waals surface area contributed by atoms with Gasteiger partial charge in [0.05, 0.1) is 19.0 Å². The fraction of sp³-hybridized carbons (Fsp3) is 0.261. The Balaban J connectivity index is 1.52. The molecule has 0 unspecified atom stereocenters. The fourth-order valence-corrected chi connectivity index (χ4v) is 3.45. The van der Waals surface area contributed by atoms with Gasteiger partial charge in [0.1, 0.15) is 0 Å². The molecule has 0 atom stereocenters. The third-order valence-corrected chi connectivity index (χ3v) is 5.02. The van der Waals surface area contributed by atoms with Crippen molar-refractivity contribution in [3.05, 3.63) is 102 Å². The molecule has 0 amide bonds. The quantitative estimate of drug-likeness (QED) is 0.435. The zero-order valence-electron chi connectivity index (χ0n) is 16.6. The maximum Gasteiger partial charge on any atom is 0.240 e. The molecule has 148 valence electrons. The summed E-state index contributed by atoms with van der Waals surface area (Å²) >= 11 is 0. The Hall–Kier alpha value is -3.25. The van der Waals surface area contributed by atoms with Gasteiger partial charge in [-0.2, -0.15) is 10.1 Å². The molecule has 6 heteroatoms. The molecule has 0 aliphatic heterocycles. The van der Waals surface area contributed by atoms with Gasteiger partial charge in [-0.15, -0.1) is 0 Å².